The van der Waals surface area contributed by atoms with Crippen molar-refractivity contribution in [2.45, 2.75) is 26.7 Å². The van der Waals surface area contributed by atoms with Gasteiger partial charge in [0.15, 0.2) is 0 Å². The van der Waals surface area contributed by atoms with E-state index in [0.29, 0.717) is 0 Å². The molecule has 0 fully saturated rings. The van der Waals surface area contributed by atoms with Gasteiger partial charge in [-0.15, -0.1) is 0 Å². The number of aryl methyl sites for hydroxylation is 1. The molecule has 0 saturated heterocycles. The molecule has 4 nitrogen and oxygen atoms in total. The molecule has 1 heterocycles. The van der Waals surface area contributed by atoms with E-state index in [4.69, 9.17) is 0 Å². The summed E-state index contributed by atoms with van der Waals surface area (Å²) in [6, 6.07) is 6.22. The predicted octanol–water partition coefficient (Wildman–Crippen LogP) is 3.66. The van der Waals surface area contributed by atoms with Gasteiger partial charge in [-0.1, -0.05) is 6.92 Å². The molecule has 2 N–H and O–H groups in total. The van der Waals surface area contributed by atoms with Crippen LogP contribution in [0.15, 0.2) is 24.3 Å². The first-order valence-electron chi connectivity index (χ1n) is 6.72. The fraction of sp³-hybridized carbons (Fsp3) is 0.333. The number of halogens is 1. The molecule has 0 aliphatic rings. The summed E-state index contributed by atoms with van der Waals surface area (Å²) >= 11 is 0. The second-order valence-electron chi connectivity index (χ2n) is 4.59. The van der Waals surface area contributed by atoms with Crippen molar-refractivity contribution < 1.29 is 4.39 Å². The maximum Gasteiger partial charge on any atom is 0.139 e. The van der Waals surface area contributed by atoms with Crippen molar-refractivity contribution >= 4 is 17.3 Å². The highest BCUT2D eigenvalue weighted by molar-refractivity contribution is 5.64. The van der Waals surface area contributed by atoms with Gasteiger partial charge in [0.25, 0.3) is 0 Å². The van der Waals surface area contributed by atoms with Gasteiger partial charge in [-0.25, -0.2) is 14.4 Å². The number of hydrogen-bond donors (Lipinski definition) is 2. The largest absolute Gasteiger partial charge is 0.373 e. The van der Waals surface area contributed by atoms with E-state index in [1.165, 1.54) is 12.1 Å². The zero-order valence-electron chi connectivity index (χ0n) is 12.0. The van der Waals surface area contributed by atoms with Gasteiger partial charge in [0.05, 0.1) is 0 Å². The molecule has 0 radical (unpaired) electrons. The summed E-state index contributed by atoms with van der Waals surface area (Å²) < 4.78 is 12.9. The smallest absolute Gasteiger partial charge is 0.139 e. The van der Waals surface area contributed by atoms with Crippen LogP contribution in [0.4, 0.5) is 21.7 Å². The first-order valence-corrected chi connectivity index (χ1v) is 6.72. The van der Waals surface area contributed by atoms with Crippen molar-refractivity contribution in [2.24, 2.45) is 0 Å². The highest BCUT2D eigenvalue weighted by Gasteiger charge is 2.10. The van der Waals surface area contributed by atoms with E-state index in [0.717, 1.165) is 41.6 Å². The topological polar surface area (TPSA) is 49.8 Å². The molecular formula is C15H19FN4. The van der Waals surface area contributed by atoms with Crippen LogP contribution in [0.3, 0.4) is 0 Å². The second kappa shape index (κ2) is 6.32. The van der Waals surface area contributed by atoms with Crippen LogP contribution < -0.4 is 10.6 Å². The Kier molecular flexibility index (Phi) is 4.50. The molecule has 20 heavy (non-hydrogen) atoms. The van der Waals surface area contributed by atoms with Crippen LogP contribution in [0.2, 0.25) is 0 Å². The average molecular weight is 274 g/mol. The highest BCUT2D eigenvalue weighted by Crippen LogP contribution is 2.23. The van der Waals surface area contributed by atoms with Crippen molar-refractivity contribution in [3.63, 3.8) is 0 Å². The van der Waals surface area contributed by atoms with Crippen LogP contribution in [0, 0.1) is 12.7 Å². The Morgan fingerprint density at radius 2 is 1.75 bits per heavy atom. The number of nitrogens with zero attached hydrogens (tertiary/aromatic N) is 2. The van der Waals surface area contributed by atoms with Gasteiger partial charge in [-0.3, -0.25) is 0 Å². The number of aromatic nitrogens is 2. The third-order valence-electron chi connectivity index (χ3n) is 3.01. The van der Waals surface area contributed by atoms with Crippen LogP contribution in [-0.4, -0.2) is 17.0 Å². The van der Waals surface area contributed by atoms with Gasteiger partial charge in [0, 0.05) is 24.7 Å². The molecular weight excluding hydrogens is 255 g/mol. The van der Waals surface area contributed by atoms with Gasteiger partial charge in [-0.2, -0.15) is 0 Å². The van der Waals surface area contributed by atoms with Crippen molar-refractivity contribution in [2.75, 3.05) is 17.7 Å². The van der Waals surface area contributed by atoms with E-state index in [1.807, 2.05) is 14.0 Å². The first-order chi connectivity index (χ1) is 9.63. The lowest BCUT2D eigenvalue weighted by molar-refractivity contribution is 0.628. The van der Waals surface area contributed by atoms with Crippen molar-refractivity contribution in [3.05, 3.63) is 41.5 Å². The van der Waals surface area contributed by atoms with E-state index in [9.17, 15) is 4.39 Å². The molecule has 0 spiro atoms. The molecule has 2 aromatic rings. The zero-order valence-corrected chi connectivity index (χ0v) is 12.0. The molecule has 0 atom stereocenters. The fourth-order valence-corrected chi connectivity index (χ4v) is 1.93. The normalized spacial score (nSPS) is 10.4. The summed E-state index contributed by atoms with van der Waals surface area (Å²) in [4.78, 5) is 9.01. The summed E-state index contributed by atoms with van der Waals surface area (Å²) in [5.74, 6) is 2.11. The Hall–Kier alpha value is -2.17. The third-order valence-corrected chi connectivity index (χ3v) is 3.01. The van der Waals surface area contributed by atoms with E-state index in [1.54, 1.807) is 12.1 Å². The van der Waals surface area contributed by atoms with Crippen molar-refractivity contribution in [1.82, 2.24) is 9.97 Å². The second-order valence-corrected chi connectivity index (χ2v) is 4.59. The van der Waals surface area contributed by atoms with Crippen LogP contribution >= 0.6 is 0 Å². The number of benzene rings is 1. The summed E-state index contributed by atoms with van der Waals surface area (Å²) in [7, 11) is 1.84. The quantitative estimate of drug-likeness (QED) is 0.873. The van der Waals surface area contributed by atoms with Gasteiger partial charge < -0.3 is 10.6 Å². The Labute approximate surface area is 118 Å². The van der Waals surface area contributed by atoms with E-state index < -0.39 is 0 Å². The molecule has 5 heteroatoms. The van der Waals surface area contributed by atoms with Crippen LogP contribution in [0.1, 0.15) is 24.7 Å². The lowest BCUT2D eigenvalue weighted by atomic mass is 10.2. The van der Waals surface area contributed by atoms with E-state index in [2.05, 4.69) is 27.5 Å². The van der Waals surface area contributed by atoms with Gasteiger partial charge in [0.2, 0.25) is 0 Å². The number of nitrogens with one attached hydrogen (secondary N) is 2. The molecule has 0 aliphatic carbocycles. The van der Waals surface area contributed by atoms with Crippen molar-refractivity contribution in [3.8, 4) is 0 Å². The third kappa shape index (κ3) is 3.23. The zero-order chi connectivity index (χ0) is 14.5. The maximum absolute atomic E-state index is 12.9. The summed E-state index contributed by atoms with van der Waals surface area (Å²) in [5, 5.41) is 6.29. The molecule has 0 amide bonds. The SMILES string of the molecule is CCCc1nc(NC)c(C)c(Nc2ccc(F)cc2)n1. The predicted molar refractivity (Wildman–Crippen MR) is 80.0 cm³/mol. The summed E-state index contributed by atoms with van der Waals surface area (Å²) in [6.07, 6.45) is 1.81. The van der Waals surface area contributed by atoms with Crippen LogP contribution in [0.5, 0.6) is 0 Å². The van der Waals surface area contributed by atoms with Gasteiger partial charge in [0.1, 0.15) is 23.3 Å². The van der Waals surface area contributed by atoms with Gasteiger partial charge in [-0.05, 0) is 37.6 Å². The minimum absolute atomic E-state index is 0.252. The van der Waals surface area contributed by atoms with Gasteiger partial charge >= 0.3 is 0 Å². The number of anilines is 3. The van der Waals surface area contributed by atoms with Crippen molar-refractivity contribution in [1.29, 1.82) is 0 Å². The standard InChI is InChI=1S/C15H19FN4/c1-4-5-13-19-14(17-3)10(2)15(20-13)18-12-8-6-11(16)7-9-12/h6-9H,4-5H2,1-3H3,(H2,17,18,19,20). The molecule has 1 aromatic heterocycles. The molecule has 0 aliphatic heterocycles. The molecule has 0 bridgehead atoms. The van der Waals surface area contributed by atoms with E-state index in [-0.39, 0.29) is 5.82 Å². The first kappa shape index (κ1) is 14.2. The lowest BCUT2D eigenvalue weighted by Gasteiger charge is -2.13. The molecule has 0 unspecified atom stereocenters. The Bertz CT molecular complexity index is 581. The lowest BCUT2D eigenvalue weighted by Crippen LogP contribution is -2.07. The fourth-order valence-electron chi connectivity index (χ4n) is 1.93. The Morgan fingerprint density at radius 3 is 2.35 bits per heavy atom. The minimum Gasteiger partial charge on any atom is -0.373 e. The Morgan fingerprint density at radius 1 is 1.10 bits per heavy atom. The van der Waals surface area contributed by atoms with Crippen LogP contribution in [0.25, 0.3) is 0 Å². The minimum atomic E-state index is -0.252. The van der Waals surface area contributed by atoms with E-state index >= 15 is 0 Å². The molecule has 0 saturated carbocycles. The molecule has 1 aromatic carbocycles. The maximum atomic E-state index is 12.9. The average Bonchev–Trinajstić information content (AvgIpc) is 2.45. The Balaban J connectivity index is 2.33. The number of hydrogen-bond acceptors (Lipinski definition) is 4. The molecule has 2 rings (SSSR count). The summed E-state index contributed by atoms with van der Waals surface area (Å²) in [5.41, 5.74) is 1.74. The monoisotopic (exact) mass is 274 g/mol. The molecule has 106 valence electrons. The number of rotatable bonds is 5. The summed E-state index contributed by atoms with van der Waals surface area (Å²) in [6.45, 7) is 4.04. The highest BCUT2D eigenvalue weighted by atomic mass is 19.1. The van der Waals surface area contributed by atoms with Crippen LogP contribution in [-0.2, 0) is 6.42 Å².